The number of rotatable bonds is 10. The first kappa shape index (κ1) is 25.9. The van der Waals surface area contributed by atoms with Gasteiger partial charge in [0, 0.05) is 17.7 Å². The minimum Gasteiger partial charge on any atom is -0.496 e. The zero-order chi connectivity index (χ0) is 25.9. The van der Waals surface area contributed by atoms with Crippen molar-refractivity contribution in [3.05, 3.63) is 76.2 Å². The Morgan fingerprint density at radius 2 is 1.89 bits per heavy atom. The number of ether oxygens (including phenoxy) is 2. The summed E-state index contributed by atoms with van der Waals surface area (Å²) < 4.78 is 24.5. The van der Waals surface area contributed by atoms with E-state index in [-0.39, 0.29) is 30.0 Å². The fraction of sp³-hybridized carbons (Fsp3) is 0.333. The maximum atomic E-state index is 13.7. The number of hydrogen-bond acceptors (Lipinski definition) is 6. The monoisotopic (exact) mass is 514 g/mol. The number of halogens is 2. The Labute approximate surface area is 213 Å². The third-order valence-electron chi connectivity index (χ3n) is 6.42. The van der Waals surface area contributed by atoms with Crippen molar-refractivity contribution in [2.45, 2.75) is 24.9 Å². The lowest BCUT2D eigenvalue weighted by atomic mass is 9.92. The lowest BCUT2D eigenvalue weighted by Crippen LogP contribution is -2.43. The van der Waals surface area contributed by atoms with Gasteiger partial charge in [-0.3, -0.25) is 4.79 Å². The van der Waals surface area contributed by atoms with Gasteiger partial charge >= 0.3 is 0 Å². The summed E-state index contributed by atoms with van der Waals surface area (Å²) >= 11 is 5.98. The summed E-state index contributed by atoms with van der Waals surface area (Å²) in [6, 6.07) is 12.6. The van der Waals surface area contributed by atoms with Crippen molar-refractivity contribution in [2.24, 2.45) is 5.92 Å². The van der Waals surface area contributed by atoms with Crippen LogP contribution < -0.4 is 14.8 Å². The Kier molecular flexibility index (Phi) is 7.78. The molecule has 2 aromatic carbocycles. The van der Waals surface area contributed by atoms with E-state index < -0.39 is 11.4 Å². The fourth-order valence-electron chi connectivity index (χ4n) is 4.24. The van der Waals surface area contributed by atoms with E-state index in [1.54, 1.807) is 36.4 Å². The molecule has 1 atom stereocenters. The summed E-state index contributed by atoms with van der Waals surface area (Å²) in [6.45, 7) is -0.0859. The van der Waals surface area contributed by atoms with Crippen LogP contribution in [0, 0.1) is 11.7 Å². The number of aromatic nitrogens is 1. The topological polar surface area (TPSA) is 101 Å². The van der Waals surface area contributed by atoms with Gasteiger partial charge in [-0.2, -0.15) is 0 Å². The number of aliphatic hydroxyl groups is 2. The van der Waals surface area contributed by atoms with Crippen molar-refractivity contribution in [1.29, 1.82) is 0 Å². The van der Waals surface area contributed by atoms with Gasteiger partial charge in [0.1, 0.15) is 28.6 Å². The van der Waals surface area contributed by atoms with Crippen LogP contribution in [0.5, 0.6) is 11.5 Å². The molecule has 1 unspecified atom stereocenters. The van der Waals surface area contributed by atoms with Crippen molar-refractivity contribution in [3.8, 4) is 22.8 Å². The molecule has 0 radical (unpaired) electrons. The Bertz CT molecular complexity index is 1270. The van der Waals surface area contributed by atoms with Gasteiger partial charge < -0.3 is 25.0 Å². The molecular formula is C27H28ClFN2O5. The maximum absolute atomic E-state index is 13.7. The van der Waals surface area contributed by atoms with Crippen LogP contribution in [0.3, 0.4) is 0 Å². The molecule has 1 saturated carbocycles. The van der Waals surface area contributed by atoms with Gasteiger partial charge in [0.15, 0.2) is 0 Å². The van der Waals surface area contributed by atoms with Gasteiger partial charge in [0.2, 0.25) is 0 Å². The Morgan fingerprint density at radius 3 is 2.53 bits per heavy atom. The molecule has 9 heteroatoms. The summed E-state index contributed by atoms with van der Waals surface area (Å²) in [5.41, 5.74) is 1.07. The standard InChI is InChI=1S/C27H28ClFN2O5/c1-35-22-9-10-24(31-25(22)17-5-8-21(29)20(28)13-17)27(34,19-6-7-19)15-30-26(33)18-4-3-16(11-12-32)23(14-18)36-2/h3-5,8-10,13-14,19,32,34H,6-7,11-12,15H2,1-2H3,(H,30,33). The largest absolute Gasteiger partial charge is 0.496 e. The van der Waals surface area contributed by atoms with Crippen LogP contribution in [-0.4, -0.2) is 48.5 Å². The fourth-order valence-corrected chi connectivity index (χ4v) is 4.42. The average Bonchev–Trinajstić information content (AvgIpc) is 3.75. The molecule has 1 aromatic heterocycles. The first-order valence-corrected chi connectivity index (χ1v) is 12.0. The second-order valence-corrected chi connectivity index (χ2v) is 9.16. The molecule has 1 amide bonds. The number of pyridine rings is 1. The molecule has 190 valence electrons. The number of methoxy groups -OCH3 is 2. The molecule has 4 rings (SSSR count). The van der Waals surface area contributed by atoms with E-state index in [0.29, 0.717) is 40.4 Å². The van der Waals surface area contributed by atoms with Gasteiger partial charge in [-0.25, -0.2) is 9.37 Å². The molecule has 0 aliphatic heterocycles. The third kappa shape index (κ3) is 5.31. The molecule has 1 aliphatic carbocycles. The smallest absolute Gasteiger partial charge is 0.251 e. The zero-order valence-corrected chi connectivity index (χ0v) is 20.8. The quantitative estimate of drug-likeness (QED) is 0.376. The molecule has 0 bridgehead atoms. The molecule has 0 spiro atoms. The van der Waals surface area contributed by atoms with Crippen molar-refractivity contribution < 1.29 is 28.9 Å². The second-order valence-electron chi connectivity index (χ2n) is 8.76. The SMILES string of the molecule is COc1cc(C(=O)NCC(O)(c2ccc(OC)c(-c3ccc(F)c(Cl)c3)n2)C2CC2)ccc1CCO. The Hall–Kier alpha value is -3.20. The van der Waals surface area contributed by atoms with Gasteiger partial charge in [-0.05, 0) is 73.2 Å². The summed E-state index contributed by atoms with van der Waals surface area (Å²) in [5, 5.41) is 23.7. The summed E-state index contributed by atoms with van der Waals surface area (Å²) in [5.74, 6) is -0.0483. The van der Waals surface area contributed by atoms with E-state index in [0.717, 1.165) is 18.4 Å². The molecule has 3 N–H and O–H groups in total. The molecular weight excluding hydrogens is 487 g/mol. The minimum absolute atomic E-state index is 0.0305. The lowest BCUT2D eigenvalue weighted by molar-refractivity contribution is 0.00953. The van der Waals surface area contributed by atoms with Crippen LogP contribution >= 0.6 is 11.6 Å². The van der Waals surface area contributed by atoms with Crippen LogP contribution in [0.4, 0.5) is 4.39 Å². The molecule has 1 fully saturated rings. The Balaban J connectivity index is 1.61. The van der Waals surface area contributed by atoms with Gasteiger partial charge in [0.25, 0.3) is 5.91 Å². The predicted molar refractivity (Wildman–Crippen MR) is 134 cm³/mol. The van der Waals surface area contributed by atoms with Crippen LogP contribution in [0.25, 0.3) is 11.3 Å². The third-order valence-corrected chi connectivity index (χ3v) is 6.71. The van der Waals surface area contributed by atoms with E-state index in [1.165, 1.54) is 26.4 Å². The number of nitrogens with zero attached hydrogens (tertiary/aromatic N) is 1. The highest BCUT2D eigenvalue weighted by atomic mass is 35.5. The number of carbonyl (C=O) groups is 1. The first-order valence-electron chi connectivity index (χ1n) is 11.6. The van der Waals surface area contributed by atoms with Crippen LogP contribution in [0.2, 0.25) is 5.02 Å². The average molecular weight is 515 g/mol. The first-order chi connectivity index (χ1) is 17.3. The molecule has 1 aliphatic rings. The molecule has 1 heterocycles. The maximum Gasteiger partial charge on any atom is 0.251 e. The van der Waals surface area contributed by atoms with E-state index >= 15 is 0 Å². The highest BCUT2D eigenvalue weighted by molar-refractivity contribution is 6.31. The van der Waals surface area contributed by atoms with E-state index in [4.69, 9.17) is 21.1 Å². The number of amides is 1. The van der Waals surface area contributed by atoms with Crippen molar-refractivity contribution in [1.82, 2.24) is 10.3 Å². The second kappa shape index (κ2) is 10.8. The van der Waals surface area contributed by atoms with E-state index in [1.807, 2.05) is 0 Å². The number of benzene rings is 2. The number of carbonyl (C=O) groups excluding carboxylic acids is 1. The molecule has 7 nitrogen and oxygen atoms in total. The number of nitrogens with one attached hydrogen (secondary N) is 1. The molecule has 36 heavy (non-hydrogen) atoms. The number of aliphatic hydroxyl groups excluding tert-OH is 1. The Morgan fingerprint density at radius 1 is 1.14 bits per heavy atom. The zero-order valence-electron chi connectivity index (χ0n) is 20.1. The van der Waals surface area contributed by atoms with Crippen LogP contribution in [0.1, 0.15) is 34.5 Å². The minimum atomic E-state index is -1.42. The van der Waals surface area contributed by atoms with Gasteiger partial charge in [0.05, 0.1) is 31.5 Å². The molecule has 0 saturated heterocycles. The lowest BCUT2D eigenvalue weighted by Gasteiger charge is -2.29. The van der Waals surface area contributed by atoms with Gasteiger partial charge in [-0.15, -0.1) is 0 Å². The molecule has 3 aromatic rings. The normalized spacial score (nSPS) is 14.7. The van der Waals surface area contributed by atoms with Crippen LogP contribution in [-0.2, 0) is 12.0 Å². The summed E-state index contributed by atoms with van der Waals surface area (Å²) in [4.78, 5) is 17.6. The number of hydrogen-bond donors (Lipinski definition) is 3. The van der Waals surface area contributed by atoms with Crippen molar-refractivity contribution in [2.75, 3.05) is 27.4 Å². The van der Waals surface area contributed by atoms with E-state index in [2.05, 4.69) is 10.3 Å². The summed E-state index contributed by atoms with van der Waals surface area (Å²) in [6.07, 6.45) is 2.00. The van der Waals surface area contributed by atoms with Crippen molar-refractivity contribution >= 4 is 17.5 Å². The van der Waals surface area contributed by atoms with Crippen LogP contribution in [0.15, 0.2) is 48.5 Å². The van der Waals surface area contributed by atoms with Gasteiger partial charge in [-0.1, -0.05) is 17.7 Å². The predicted octanol–water partition coefficient (Wildman–Crippen LogP) is 4.12. The summed E-state index contributed by atoms with van der Waals surface area (Å²) in [7, 11) is 3.00. The highest BCUT2D eigenvalue weighted by Crippen LogP contribution is 2.46. The highest BCUT2D eigenvalue weighted by Gasteiger charge is 2.46. The van der Waals surface area contributed by atoms with E-state index in [9.17, 15) is 19.4 Å². The van der Waals surface area contributed by atoms with Crippen molar-refractivity contribution in [3.63, 3.8) is 0 Å².